The summed E-state index contributed by atoms with van der Waals surface area (Å²) in [5.74, 6) is 0.745. The number of nitrogens with zero attached hydrogens (tertiary/aromatic N) is 2. The molecular weight excluding hydrogens is 330 g/mol. The van der Waals surface area contributed by atoms with Crippen LogP contribution in [-0.2, 0) is 0 Å². The number of hydrazone groups is 1. The monoisotopic (exact) mass is 369 g/mol. The van der Waals surface area contributed by atoms with Crippen molar-refractivity contribution in [2.75, 3.05) is 19.6 Å². The Bertz CT molecular complexity index is 425. The molecule has 3 aliphatic heterocycles. The summed E-state index contributed by atoms with van der Waals surface area (Å²) in [5.41, 5.74) is 5.40. The molecule has 0 saturated carbocycles. The fraction of sp³-hybridized carbons (Fsp3) is 0.941. The lowest BCUT2D eigenvalue weighted by atomic mass is 9.87. The van der Waals surface area contributed by atoms with E-state index in [2.05, 4.69) is 69.2 Å². The van der Waals surface area contributed by atoms with Crippen molar-refractivity contribution in [3.05, 3.63) is 0 Å². The maximum Gasteiger partial charge on any atom is 0.0687 e. The van der Waals surface area contributed by atoms with Gasteiger partial charge in [0.1, 0.15) is 0 Å². The van der Waals surface area contributed by atoms with Crippen LogP contribution in [0.3, 0.4) is 0 Å². The predicted molar refractivity (Wildman–Crippen MR) is 113 cm³/mol. The van der Waals surface area contributed by atoms with Gasteiger partial charge in [-0.2, -0.15) is 5.10 Å². The van der Waals surface area contributed by atoms with Crippen molar-refractivity contribution in [3.63, 3.8) is 0 Å². The van der Waals surface area contributed by atoms with Gasteiger partial charge in [-0.25, -0.2) is 0 Å². The van der Waals surface area contributed by atoms with Gasteiger partial charge in [-0.05, 0) is 25.9 Å². The molecule has 1 N–H and O–H groups in total. The summed E-state index contributed by atoms with van der Waals surface area (Å²) in [7, 11) is -4.26. The molecule has 6 heteroatoms. The molecule has 3 nitrogen and oxygen atoms in total. The van der Waals surface area contributed by atoms with Gasteiger partial charge in [-0.15, -0.1) is 0 Å². The second-order valence-electron chi connectivity index (χ2n) is 10.8. The first-order chi connectivity index (χ1) is 10.3. The smallest absolute Gasteiger partial charge is 0.0687 e. The third-order valence-corrected chi connectivity index (χ3v) is 26.8. The number of nitrogens with one attached hydrogen (secondary N) is 1. The normalized spacial score (nSPS) is 28.3. The zero-order valence-electron chi connectivity index (χ0n) is 17.0. The molecule has 134 valence electrons. The highest BCUT2D eigenvalue weighted by molar-refractivity contribution is 7.15. The Morgan fingerprint density at radius 1 is 0.870 bits per heavy atom. The summed E-state index contributed by atoms with van der Waals surface area (Å²) in [4.78, 5) is 2.58. The van der Waals surface area contributed by atoms with Crippen LogP contribution in [0.4, 0.5) is 0 Å². The topological polar surface area (TPSA) is 27.6 Å². The molecule has 0 amide bonds. The van der Waals surface area contributed by atoms with E-state index in [0.717, 1.165) is 12.5 Å². The van der Waals surface area contributed by atoms with Crippen LogP contribution in [0.1, 0.15) is 12.8 Å². The van der Waals surface area contributed by atoms with Crippen LogP contribution in [-0.4, -0.2) is 58.9 Å². The van der Waals surface area contributed by atoms with E-state index in [0.29, 0.717) is 4.41 Å². The van der Waals surface area contributed by atoms with Crippen LogP contribution in [0.2, 0.25) is 58.9 Å². The van der Waals surface area contributed by atoms with Crippen LogP contribution in [0.15, 0.2) is 5.10 Å². The molecule has 3 aliphatic rings. The molecule has 0 aromatic heterocycles. The summed E-state index contributed by atoms with van der Waals surface area (Å²) < 4.78 is 0.325. The third-order valence-electron chi connectivity index (χ3n) is 6.19. The molecule has 0 radical (unpaired) electrons. The molecule has 0 aliphatic carbocycles. The summed E-state index contributed by atoms with van der Waals surface area (Å²) in [6, 6.07) is 0. The minimum atomic E-state index is -1.42. The first-order valence-corrected chi connectivity index (χ1v) is 19.9. The maximum absolute atomic E-state index is 5.17. The maximum atomic E-state index is 5.17. The number of fused-ring (bicyclic) bond motifs is 3. The molecule has 0 spiro atoms. The van der Waals surface area contributed by atoms with E-state index in [9.17, 15) is 0 Å². The summed E-state index contributed by atoms with van der Waals surface area (Å²) >= 11 is 0. The molecule has 3 rings (SSSR count). The summed E-state index contributed by atoms with van der Waals surface area (Å²) in [6.07, 6.45) is 2.64. The summed E-state index contributed by atoms with van der Waals surface area (Å²) in [5, 5.41) is 5.17. The first-order valence-electron chi connectivity index (χ1n) is 9.35. The second-order valence-corrected chi connectivity index (χ2v) is 28.0. The highest BCUT2D eigenvalue weighted by atomic mass is 28.5. The molecule has 3 heterocycles. The van der Waals surface area contributed by atoms with Crippen LogP contribution in [0, 0.1) is 5.92 Å². The Labute approximate surface area is 147 Å². The minimum Gasteiger partial charge on any atom is -0.313 e. The predicted octanol–water partition coefficient (Wildman–Crippen LogP) is 4.03. The second kappa shape index (κ2) is 6.11. The lowest BCUT2D eigenvalue weighted by molar-refractivity contribution is 0.199. The first kappa shape index (κ1) is 19.4. The highest BCUT2D eigenvalue weighted by Gasteiger charge is 2.60. The quantitative estimate of drug-likeness (QED) is 0.585. The van der Waals surface area contributed by atoms with Gasteiger partial charge in [0, 0.05) is 16.9 Å². The molecule has 2 bridgehead atoms. The Hall–Kier alpha value is 0.0806. The summed E-state index contributed by atoms with van der Waals surface area (Å²) in [6.45, 7) is 26.7. The minimum absolute atomic E-state index is 0.325. The molecule has 0 aromatic carbocycles. The van der Waals surface area contributed by atoms with Crippen LogP contribution >= 0.6 is 0 Å². The van der Waals surface area contributed by atoms with Gasteiger partial charge in [-0.3, -0.25) is 4.90 Å². The van der Waals surface area contributed by atoms with Gasteiger partial charge in [0.05, 0.1) is 29.9 Å². The molecule has 0 aromatic rings. The molecule has 3 saturated heterocycles. The largest absolute Gasteiger partial charge is 0.313 e. The van der Waals surface area contributed by atoms with Crippen molar-refractivity contribution in [1.82, 2.24) is 10.3 Å². The number of rotatable bonds is 5. The molecule has 23 heavy (non-hydrogen) atoms. The third kappa shape index (κ3) is 3.41. The standard InChI is InChI=1S/C17H39N3Si3/c1-21(2,3)17(22(4,5)6,23(7,8)9)19-18-16-14-20-12-10-15(16)11-13-20/h15,19H,10-14H2,1-9H3/b18-16+. The van der Waals surface area contributed by atoms with E-state index in [-0.39, 0.29) is 0 Å². The van der Waals surface area contributed by atoms with Gasteiger partial charge in [0.25, 0.3) is 0 Å². The highest BCUT2D eigenvalue weighted by Crippen LogP contribution is 2.39. The average Bonchev–Trinajstić information content (AvgIpc) is 2.35. The molecular formula is C17H39N3Si3. The molecule has 0 unspecified atom stereocenters. The Balaban J connectivity index is 2.39. The Kier molecular flexibility index (Phi) is 5.15. The van der Waals surface area contributed by atoms with E-state index >= 15 is 0 Å². The van der Waals surface area contributed by atoms with Crippen LogP contribution in [0.5, 0.6) is 0 Å². The zero-order chi connectivity index (χ0) is 17.7. The van der Waals surface area contributed by atoms with Crippen molar-refractivity contribution >= 4 is 29.9 Å². The van der Waals surface area contributed by atoms with E-state index in [1.807, 2.05) is 0 Å². The van der Waals surface area contributed by atoms with Crippen LogP contribution < -0.4 is 5.43 Å². The number of hydrogen-bond acceptors (Lipinski definition) is 3. The van der Waals surface area contributed by atoms with E-state index in [1.165, 1.54) is 31.6 Å². The van der Waals surface area contributed by atoms with Gasteiger partial charge in [0.2, 0.25) is 0 Å². The Morgan fingerprint density at radius 2 is 1.30 bits per heavy atom. The van der Waals surface area contributed by atoms with Gasteiger partial charge in [0.15, 0.2) is 0 Å². The van der Waals surface area contributed by atoms with E-state index in [1.54, 1.807) is 0 Å². The van der Waals surface area contributed by atoms with Gasteiger partial charge < -0.3 is 5.43 Å². The van der Waals surface area contributed by atoms with E-state index in [4.69, 9.17) is 5.10 Å². The fourth-order valence-electron chi connectivity index (χ4n) is 5.94. The molecule has 3 fully saturated rings. The average molecular weight is 370 g/mol. The van der Waals surface area contributed by atoms with Crippen molar-refractivity contribution in [3.8, 4) is 0 Å². The van der Waals surface area contributed by atoms with Crippen molar-refractivity contribution < 1.29 is 0 Å². The lowest BCUT2D eigenvalue weighted by Crippen LogP contribution is -2.83. The number of hydrogen-bond donors (Lipinski definition) is 1. The van der Waals surface area contributed by atoms with Crippen molar-refractivity contribution in [2.45, 2.75) is 76.2 Å². The van der Waals surface area contributed by atoms with Gasteiger partial charge >= 0.3 is 0 Å². The van der Waals surface area contributed by atoms with Crippen molar-refractivity contribution in [2.24, 2.45) is 11.0 Å². The fourth-order valence-corrected chi connectivity index (χ4v) is 34.1. The number of piperidine rings is 3. The van der Waals surface area contributed by atoms with Gasteiger partial charge in [-0.1, -0.05) is 58.9 Å². The lowest BCUT2D eigenvalue weighted by Gasteiger charge is -2.58. The van der Waals surface area contributed by atoms with E-state index < -0.39 is 24.2 Å². The Morgan fingerprint density at radius 3 is 1.61 bits per heavy atom. The SMILES string of the molecule is C[Si](C)(C)C(N/N=C1\CN2CCC1CC2)([Si](C)(C)C)[Si](C)(C)C. The van der Waals surface area contributed by atoms with Crippen LogP contribution in [0.25, 0.3) is 0 Å². The molecule has 0 atom stereocenters. The zero-order valence-corrected chi connectivity index (χ0v) is 20.0. The van der Waals surface area contributed by atoms with Crippen molar-refractivity contribution in [1.29, 1.82) is 0 Å².